The van der Waals surface area contributed by atoms with Crippen LogP contribution in [-0.2, 0) is 13.0 Å². The van der Waals surface area contributed by atoms with E-state index < -0.39 is 0 Å². The van der Waals surface area contributed by atoms with Crippen molar-refractivity contribution in [3.05, 3.63) is 52.5 Å². The maximum absolute atomic E-state index is 5.52. The topological polar surface area (TPSA) is 43.8 Å². The van der Waals surface area contributed by atoms with Gasteiger partial charge in [-0.25, -0.2) is 4.98 Å². The number of nitrogens with two attached hydrogens (primary N) is 1. The molecule has 0 saturated heterocycles. The molecule has 0 unspecified atom stereocenters. The number of hydrogen-bond donors (Lipinski definition) is 1. The van der Waals surface area contributed by atoms with Crippen LogP contribution in [0.5, 0.6) is 0 Å². The minimum absolute atomic E-state index is 0.760. The Labute approximate surface area is 116 Å². The number of rotatable bonds is 6. The second kappa shape index (κ2) is 6.71. The first-order valence-electron chi connectivity index (χ1n) is 6.24. The summed E-state index contributed by atoms with van der Waals surface area (Å²) in [5.41, 5.74) is 6.79. The van der Waals surface area contributed by atoms with Gasteiger partial charge in [-0.3, -0.25) is 0 Å². The molecule has 4 heteroatoms. The molecule has 0 amide bonds. The van der Waals surface area contributed by atoms with Crippen LogP contribution in [0.3, 0.4) is 0 Å². The first-order chi connectivity index (χ1) is 8.79. The van der Waals surface area contributed by atoms with E-state index in [1.54, 1.807) is 0 Å². The third kappa shape index (κ3) is 3.68. The standard InChI is InChI=1S/C14H18BrN3/c15-13-5-3-4-12(10-13)11-14-17-7-9-18(14)8-2-1-6-16/h3-5,7,9-10H,1-2,6,8,11,16H2. The van der Waals surface area contributed by atoms with Crippen LogP contribution in [0.2, 0.25) is 0 Å². The average molecular weight is 308 g/mol. The van der Waals surface area contributed by atoms with E-state index >= 15 is 0 Å². The Hall–Kier alpha value is -1.13. The van der Waals surface area contributed by atoms with Gasteiger partial charge in [-0.15, -0.1) is 0 Å². The van der Waals surface area contributed by atoms with Crippen molar-refractivity contribution in [1.29, 1.82) is 0 Å². The van der Waals surface area contributed by atoms with Gasteiger partial charge >= 0.3 is 0 Å². The Morgan fingerprint density at radius 3 is 2.94 bits per heavy atom. The Morgan fingerprint density at radius 2 is 2.17 bits per heavy atom. The zero-order chi connectivity index (χ0) is 12.8. The molecule has 1 aromatic carbocycles. The highest BCUT2D eigenvalue weighted by atomic mass is 79.9. The van der Waals surface area contributed by atoms with Gasteiger partial charge in [0.05, 0.1) is 0 Å². The molecule has 0 aliphatic rings. The molecule has 3 nitrogen and oxygen atoms in total. The second-order valence-corrected chi connectivity index (χ2v) is 5.26. The van der Waals surface area contributed by atoms with E-state index in [-0.39, 0.29) is 0 Å². The third-order valence-electron chi connectivity index (χ3n) is 2.91. The Balaban J connectivity index is 2.03. The summed E-state index contributed by atoms with van der Waals surface area (Å²) in [6.45, 7) is 1.76. The molecule has 0 fully saturated rings. The monoisotopic (exact) mass is 307 g/mol. The SMILES string of the molecule is NCCCCn1ccnc1Cc1cccc(Br)c1. The molecule has 0 aliphatic carbocycles. The fourth-order valence-electron chi connectivity index (χ4n) is 1.97. The van der Waals surface area contributed by atoms with Gasteiger partial charge in [-0.1, -0.05) is 28.1 Å². The molecule has 0 radical (unpaired) electrons. The number of hydrogen-bond acceptors (Lipinski definition) is 2. The predicted octanol–water partition coefficient (Wildman–Crippen LogP) is 2.98. The third-order valence-corrected chi connectivity index (χ3v) is 3.40. The normalized spacial score (nSPS) is 10.8. The molecule has 2 rings (SSSR count). The van der Waals surface area contributed by atoms with E-state index in [2.05, 4.69) is 43.7 Å². The average Bonchev–Trinajstić information content (AvgIpc) is 2.77. The molecule has 96 valence electrons. The number of halogens is 1. The molecule has 0 bridgehead atoms. The summed E-state index contributed by atoms with van der Waals surface area (Å²) in [6, 6.07) is 8.36. The molecule has 0 saturated carbocycles. The number of nitrogens with zero attached hydrogens (tertiary/aromatic N) is 2. The lowest BCUT2D eigenvalue weighted by atomic mass is 10.1. The highest BCUT2D eigenvalue weighted by Crippen LogP contribution is 2.15. The predicted molar refractivity (Wildman–Crippen MR) is 77.5 cm³/mol. The van der Waals surface area contributed by atoms with E-state index in [0.717, 1.165) is 42.6 Å². The second-order valence-electron chi connectivity index (χ2n) is 4.34. The van der Waals surface area contributed by atoms with Gasteiger partial charge in [0.2, 0.25) is 0 Å². The van der Waals surface area contributed by atoms with Gasteiger partial charge < -0.3 is 10.3 Å². The van der Waals surface area contributed by atoms with Crippen LogP contribution in [0.25, 0.3) is 0 Å². The van der Waals surface area contributed by atoms with E-state index in [9.17, 15) is 0 Å². The first-order valence-corrected chi connectivity index (χ1v) is 7.03. The van der Waals surface area contributed by atoms with Crippen molar-refractivity contribution >= 4 is 15.9 Å². The van der Waals surface area contributed by atoms with Crippen LogP contribution in [0, 0.1) is 0 Å². The van der Waals surface area contributed by atoms with Crippen molar-refractivity contribution in [3.63, 3.8) is 0 Å². The summed E-state index contributed by atoms with van der Waals surface area (Å²) >= 11 is 3.49. The highest BCUT2D eigenvalue weighted by molar-refractivity contribution is 9.10. The van der Waals surface area contributed by atoms with Crippen molar-refractivity contribution in [2.24, 2.45) is 5.73 Å². The van der Waals surface area contributed by atoms with Crippen molar-refractivity contribution in [1.82, 2.24) is 9.55 Å². The Morgan fingerprint density at radius 1 is 1.28 bits per heavy atom. The lowest BCUT2D eigenvalue weighted by molar-refractivity contribution is 0.595. The van der Waals surface area contributed by atoms with Gasteiger partial charge in [-0.2, -0.15) is 0 Å². The summed E-state index contributed by atoms with van der Waals surface area (Å²) in [6.07, 6.45) is 6.96. The molecule has 18 heavy (non-hydrogen) atoms. The molecule has 0 atom stereocenters. The van der Waals surface area contributed by atoms with Crippen LogP contribution < -0.4 is 5.73 Å². The van der Waals surface area contributed by atoms with E-state index in [0.29, 0.717) is 0 Å². The van der Waals surface area contributed by atoms with Crippen molar-refractivity contribution < 1.29 is 0 Å². The molecule has 0 aliphatic heterocycles. The number of unbranched alkanes of at least 4 members (excludes halogenated alkanes) is 1. The number of aromatic nitrogens is 2. The maximum Gasteiger partial charge on any atom is 0.113 e. The van der Waals surface area contributed by atoms with Crippen molar-refractivity contribution in [2.45, 2.75) is 25.8 Å². The van der Waals surface area contributed by atoms with E-state index in [1.165, 1.54) is 5.56 Å². The Bertz CT molecular complexity index is 493. The molecular formula is C14H18BrN3. The smallest absolute Gasteiger partial charge is 0.113 e. The van der Waals surface area contributed by atoms with Gasteiger partial charge in [0.25, 0.3) is 0 Å². The van der Waals surface area contributed by atoms with Gasteiger partial charge in [-0.05, 0) is 37.1 Å². The lowest BCUT2D eigenvalue weighted by Crippen LogP contribution is -2.06. The van der Waals surface area contributed by atoms with Gasteiger partial charge in [0, 0.05) is 29.8 Å². The quantitative estimate of drug-likeness (QED) is 0.834. The number of aryl methyl sites for hydroxylation is 1. The maximum atomic E-state index is 5.52. The molecular weight excluding hydrogens is 290 g/mol. The van der Waals surface area contributed by atoms with Crippen LogP contribution in [-0.4, -0.2) is 16.1 Å². The first kappa shape index (κ1) is 13.3. The van der Waals surface area contributed by atoms with Crippen LogP contribution in [0.15, 0.2) is 41.1 Å². The summed E-state index contributed by atoms with van der Waals surface area (Å²) in [5.74, 6) is 1.12. The van der Waals surface area contributed by atoms with Gasteiger partial charge in [0.15, 0.2) is 0 Å². The minimum atomic E-state index is 0.760. The van der Waals surface area contributed by atoms with E-state index in [4.69, 9.17) is 5.73 Å². The van der Waals surface area contributed by atoms with Crippen LogP contribution in [0.1, 0.15) is 24.2 Å². The highest BCUT2D eigenvalue weighted by Gasteiger charge is 2.04. The fourth-order valence-corrected chi connectivity index (χ4v) is 2.41. The van der Waals surface area contributed by atoms with Gasteiger partial charge in [0.1, 0.15) is 5.82 Å². The number of benzene rings is 1. The largest absolute Gasteiger partial charge is 0.335 e. The van der Waals surface area contributed by atoms with Crippen LogP contribution in [0.4, 0.5) is 0 Å². The number of imidazole rings is 1. The summed E-state index contributed by atoms with van der Waals surface area (Å²) in [7, 11) is 0. The van der Waals surface area contributed by atoms with Crippen molar-refractivity contribution in [2.75, 3.05) is 6.54 Å². The minimum Gasteiger partial charge on any atom is -0.335 e. The zero-order valence-electron chi connectivity index (χ0n) is 10.3. The van der Waals surface area contributed by atoms with Crippen LogP contribution >= 0.6 is 15.9 Å². The summed E-state index contributed by atoms with van der Waals surface area (Å²) < 4.78 is 3.33. The van der Waals surface area contributed by atoms with E-state index in [1.807, 2.05) is 18.5 Å². The summed E-state index contributed by atoms with van der Waals surface area (Å²) in [4.78, 5) is 4.44. The zero-order valence-corrected chi connectivity index (χ0v) is 11.9. The lowest BCUT2D eigenvalue weighted by Gasteiger charge is -2.07. The fraction of sp³-hybridized carbons (Fsp3) is 0.357. The van der Waals surface area contributed by atoms with Crippen molar-refractivity contribution in [3.8, 4) is 0 Å². The molecule has 0 spiro atoms. The summed E-state index contributed by atoms with van der Waals surface area (Å²) in [5, 5.41) is 0. The Kier molecular flexibility index (Phi) is 4.96. The molecule has 2 aromatic rings. The molecule has 1 aromatic heterocycles. The molecule has 2 N–H and O–H groups in total. The molecule has 1 heterocycles.